The first kappa shape index (κ1) is 17.1. The van der Waals surface area contributed by atoms with Crippen LogP contribution in [0.15, 0.2) is 7.14 Å². The van der Waals surface area contributed by atoms with Crippen molar-refractivity contribution in [3.63, 3.8) is 0 Å². The van der Waals surface area contributed by atoms with E-state index in [0.29, 0.717) is 11.1 Å². The molecular weight excluding hydrogens is 482 g/mol. The number of hydrogen-bond acceptors (Lipinski definition) is 3. The molecule has 0 aromatic carbocycles. The number of carbonyl (C=O) groups excluding carboxylic acids is 1. The van der Waals surface area contributed by atoms with Crippen molar-refractivity contribution in [1.82, 2.24) is 0 Å². The van der Waals surface area contributed by atoms with Crippen LogP contribution < -0.4 is 0 Å². The predicted molar refractivity (Wildman–Crippen MR) is 93.4 cm³/mol. The minimum absolute atomic E-state index is 0.443. The molecule has 0 heterocycles. The van der Waals surface area contributed by atoms with E-state index in [2.05, 4.69) is 6.79 Å². The molecule has 0 unspecified atom stereocenters. The minimum Gasteiger partial charge on any atom is -0.545 e. The molecule has 0 aromatic heterocycles. The van der Waals surface area contributed by atoms with Crippen LogP contribution in [0.4, 0.5) is 0 Å². The molecule has 8 aliphatic rings. The molecule has 139 valence electrons. The summed E-state index contributed by atoms with van der Waals surface area (Å²) in [5.74, 6) is 6.26. The van der Waals surface area contributed by atoms with Crippen molar-refractivity contribution in [2.45, 2.75) is 88.1 Å². The van der Waals surface area contributed by atoms with Crippen LogP contribution in [0, 0.1) is 35.5 Å². The second-order valence-corrected chi connectivity index (χ2v) is 12.3. The summed E-state index contributed by atoms with van der Waals surface area (Å²) in [6.07, 6.45) is 18.0. The smallest absolute Gasteiger partial charge is 0.282 e. The molecule has 8 fully saturated rings. The molecule has 0 aliphatic heterocycles. The van der Waals surface area contributed by atoms with Gasteiger partial charge in [0.2, 0.25) is 0 Å². The summed E-state index contributed by atoms with van der Waals surface area (Å²) < 4.78 is 11.0. The maximum Gasteiger partial charge on any atom is -0.282 e. The molecule has 8 saturated carbocycles. The zero-order valence-electron chi connectivity index (χ0n) is 15.2. The summed E-state index contributed by atoms with van der Waals surface area (Å²) >= 11 is -0.685. The van der Waals surface area contributed by atoms with Gasteiger partial charge in [-0.05, 0) is 0 Å². The monoisotopic (exact) mass is 514 g/mol. The maximum atomic E-state index is 7.75. The summed E-state index contributed by atoms with van der Waals surface area (Å²) in [6.45, 7) is 3.25. The molecule has 8 rings (SSSR count). The Balaban J connectivity index is 0.000000679. The molecule has 0 N–H and O–H groups in total. The van der Waals surface area contributed by atoms with Gasteiger partial charge in [-0.25, -0.2) is 0 Å². The fourth-order valence-corrected chi connectivity index (χ4v) is 11.3. The predicted octanol–water partition coefficient (Wildman–Crippen LogP) is 5.10. The fourth-order valence-electron chi connectivity index (χ4n) is 8.52. The van der Waals surface area contributed by atoms with Gasteiger partial charge in [0, 0.05) is 0 Å². The van der Waals surface area contributed by atoms with E-state index >= 15 is 0 Å². The second kappa shape index (κ2) is 6.23. The molecule has 25 heavy (non-hydrogen) atoms. The average Bonchev–Trinajstić information content (AvgIpc) is 2.53. The number of hydrogen-bond donors (Lipinski definition) is 0. The van der Waals surface area contributed by atoms with Crippen molar-refractivity contribution in [3.05, 3.63) is 0 Å². The van der Waals surface area contributed by atoms with E-state index < -0.39 is 17.6 Å². The molecule has 0 aromatic rings. The topological polar surface area (TPSA) is 41.8 Å². The molecular formula is C21H31N2ORe-. The standard InChI is InChI=1S/2C10H15N.CHO.Re/c2*11-10-4-7-1-8(5-10)3-9(2-7)6-10;1-2;/h2*7-9H,1-6H2;1H;/q;;-1;. The van der Waals surface area contributed by atoms with Crippen LogP contribution in [-0.4, -0.2) is 17.9 Å². The third-order valence-corrected chi connectivity index (χ3v) is 11.6. The minimum atomic E-state index is -0.685. The van der Waals surface area contributed by atoms with E-state index in [1.807, 2.05) is 0 Å². The van der Waals surface area contributed by atoms with Gasteiger partial charge in [0.15, 0.2) is 0 Å². The Morgan fingerprint density at radius 1 is 0.560 bits per heavy atom. The SMILES string of the molecule is C1C2CC3CC1CC([N]=[Re]=[N]C14CC5CC(CC(C5)C1)C4)(C2)C3.[CH-]=O. The van der Waals surface area contributed by atoms with Crippen molar-refractivity contribution in [1.29, 1.82) is 0 Å². The first-order valence-electron chi connectivity index (χ1n) is 10.5. The van der Waals surface area contributed by atoms with E-state index in [-0.39, 0.29) is 0 Å². The first-order chi connectivity index (χ1) is 12.2. The molecule has 0 radical (unpaired) electrons. The van der Waals surface area contributed by atoms with E-state index in [1.54, 1.807) is 38.5 Å². The molecule has 4 heteroatoms. The summed E-state index contributed by atoms with van der Waals surface area (Å²) in [5, 5.41) is 0. The Bertz CT molecular complexity index is 490. The van der Waals surface area contributed by atoms with Crippen molar-refractivity contribution >= 4 is 6.79 Å². The van der Waals surface area contributed by atoms with E-state index in [0.717, 1.165) is 35.5 Å². The van der Waals surface area contributed by atoms with Gasteiger partial charge >= 0.3 is 148 Å². The van der Waals surface area contributed by atoms with Crippen molar-refractivity contribution in [3.8, 4) is 0 Å². The van der Waals surface area contributed by atoms with Gasteiger partial charge in [-0.3, -0.25) is 6.79 Å². The van der Waals surface area contributed by atoms with Crippen molar-refractivity contribution in [2.24, 2.45) is 42.7 Å². The van der Waals surface area contributed by atoms with Crippen LogP contribution in [0.5, 0.6) is 0 Å². The van der Waals surface area contributed by atoms with Crippen molar-refractivity contribution in [2.75, 3.05) is 0 Å². The Morgan fingerprint density at radius 3 is 1.04 bits per heavy atom. The van der Waals surface area contributed by atoms with Crippen LogP contribution >= 0.6 is 0 Å². The Labute approximate surface area is 160 Å². The Hall–Kier alpha value is -0.0677. The Kier molecular flexibility index (Phi) is 4.25. The van der Waals surface area contributed by atoms with Gasteiger partial charge < -0.3 is 4.79 Å². The third kappa shape index (κ3) is 3.00. The van der Waals surface area contributed by atoms with Crippen LogP contribution in [0.2, 0.25) is 0 Å². The van der Waals surface area contributed by atoms with Gasteiger partial charge in [-0.2, -0.15) is 0 Å². The van der Waals surface area contributed by atoms with Crippen LogP contribution in [-0.2, 0) is 22.4 Å². The van der Waals surface area contributed by atoms with E-state index in [1.165, 1.54) is 38.5 Å². The van der Waals surface area contributed by atoms with E-state index in [4.69, 9.17) is 11.9 Å². The molecule has 0 saturated heterocycles. The largest absolute Gasteiger partial charge is 0.545 e. The first-order valence-corrected chi connectivity index (χ1v) is 12.9. The number of rotatable bonds is 2. The summed E-state index contributed by atoms with van der Waals surface area (Å²) in [5.41, 5.74) is 0.887. The zero-order valence-corrected chi connectivity index (χ0v) is 17.9. The van der Waals surface area contributed by atoms with Gasteiger partial charge in [0.1, 0.15) is 0 Å². The summed E-state index contributed by atoms with van der Waals surface area (Å²) in [7, 11) is 0. The molecule has 0 atom stereocenters. The molecule has 0 amide bonds. The number of nitrogens with zero attached hydrogens (tertiary/aromatic N) is 2. The van der Waals surface area contributed by atoms with Gasteiger partial charge in [0.05, 0.1) is 0 Å². The van der Waals surface area contributed by atoms with Gasteiger partial charge in [-0.1, -0.05) is 0 Å². The maximum absolute atomic E-state index is 7.75. The summed E-state index contributed by atoms with van der Waals surface area (Å²) in [6, 6.07) is 0. The quantitative estimate of drug-likeness (QED) is 0.374. The molecule has 0 spiro atoms. The fraction of sp³-hybridized carbons (Fsp3) is 0.952. The van der Waals surface area contributed by atoms with Gasteiger partial charge in [0.25, 0.3) is 0 Å². The van der Waals surface area contributed by atoms with Crippen LogP contribution in [0.3, 0.4) is 0 Å². The van der Waals surface area contributed by atoms with Gasteiger partial charge in [-0.15, -0.1) is 0 Å². The summed E-state index contributed by atoms with van der Waals surface area (Å²) in [4.78, 5) is 7.75. The van der Waals surface area contributed by atoms with E-state index in [9.17, 15) is 0 Å². The normalized spacial score (nSPS) is 53.9. The van der Waals surface area contributed by atoms with Crippen molar-refractivity contribution < 1.29 is 22.4 Å². The average molecular weight is 514 g/mol. The molecule has 8 aliphatic carbocycles. The van der Waals surface area contributed by atoms with Crippen LogP contribution in [0.25, 0.3) is 0 Å². The zero-order chi connectivity index (χ0) is 17.1. The van der Waals surface area contributed by atoms with Crippen LogP contribution in [0.1, 0.15) is 77.0 Å². The third-order valence-electron chi connectivity index (χ3n) is 8.45. The molecule has 8 bridgehead atoms. The second-order valence-electron chi connectivity index (χ2n) is 10.5. The molecule has 3 nitrogen and oxygen atoms in total. The Morgan fingerprint density at radius 2 is 0.800 bits per heavy atom.